The van der Waals surface area contributed by atoms with Crippen LogP contribution in [0.2, 0.25) is 0 Å². The van der Waals surface area contributed by atoms with E-state index in [4.69, 9.17) is 4.74 Å². The maximum absolute atomic E-state index is 12.2. The van der Waals surface area contributed by atoms with Gasteiger partial charge in [0.15, 0.2) is 6.10 Å². The van der Waals surface area contributed by atoms with Gasteiger partial charge in [-0.25, -0.2) is 0 Å². The Hall–Kier alpha value is -2.61. The van der Waals surface area contributed by atoms with Crippen molar-refractivity contribution in [1.29, 1.82) is 0 Å². The molecular weight excluding hydrogens is 443 g/mol. The molecule has 0 aliphatic heterocycles. The molecule has 0 aliphatic rings. The van der Waals surface area contributed by atoms with Crippen molar-refractivity contribution in [1.82, 2.24) is 10.9 Å². The largest absolute Gasteiger partial charge is 0.481 e. The lowest BCUT2D eigenvalue weighted by Gasteiger charge is -2.15. The van der Waals surface area contributed by atoms with Gasteiger partial charge in [-0.15, -0.1) is 0 Å². The zero-order chi connectivity index (χ0) is 18.5. The highest BCUT2D eigenvalue weighted by atomic mass is 127. The van der Waals surface area contributed by atoms with Gasteiger partial charge in [0, 0.05) is 9.13 Å². The van der Waals surface area contributed by atoms with E-state index in [1.807, 2.05) is 48.5 Å². The second kappa shape index (κ2) is 8.18. The molecule has 0 aromatic heterocycles. The zero-order valence-electron chi connectivity index (χ0n) is 14.0. The normalized spacial score (nSPS) is 11.6. The van der Waals surface area contributed by atoms with Crippen LogP contribution in [0, 0.1) is 3.57 Å². The van der Waals surface area contributed by atoms with Gasteiger partial charge < -0.3 is 4.74 Å². The van der Waals surface area contributed by atoms with E-state index >= 15 is 0 Å². The van der Waals surface area contributed by atoms with Gasteiger partial charge in [0.1, 0.15) is 5.75 Å². The molecule has 3 aromatic rings. The second-order valence-corrected chi connectivity index (χ2v) is 6.97. The number of hydrogen-bond acceptors (Lipinski definition) is 3. The summed E-state index contributed by atoms with van der Waals surface area (Å²) < 4.78 is 6.62. The average Bonchev–Trinajstić information content (AvgIpc) is 2.65. The molecule has 0 heterocycles. The first-order chi connectivity index (χ1) is 12.5. The van der Waals surface area contributed by atoms with Crippen LogP contribution in [0.15, 0.2) is 66.7 Å². The number of carbonyl (C=O) groups excluding carboxylic acids is 2. The van der Waals surface area contributed by atoms with Gasteiger partial charge in [0.05, 0.1) is 0 Å². The van der Waals surface area contributed by atoms with Gasteiger partial charge in [-0.2, -0.15) is 0 Å². The number of hydrogen-bond donors (Lipinski definition) is 2. The van der Waals surface area contributed by atoms with Crippen LogP contribution in [0.3, 0.4) is 0 Å². The number of nitrogens with one attached hydrogen (secondary N) is 2. The standard InChI is InChI=1S/C20H17IN2O3/c1-13(26-18-10-9-14-5-2-3-6-15(14)12-18)19(24)22-23-20(25)16-7-4-8-17(21)11-16/h2-13H,1H3,(H,22,24)(H,23,25). The highest BCUT2D eigenvalue weighted by molar-refractivity contribution is 14.1. The molecule has 0 spiro atoms. The number of benzene rings is 3. The SMILES string of the molecule is CC(Oc1ccc2ccccc2c1)C(=O)NNC(=O)c1cccc(I)c1. The molecular formula is C20H17IN2O3. The van der Waals surface area contributed by atoms with Gasteiger partial charge >= 0.3 is 0 Å². The van der Waals surface area contributed by atoms with Crippen molar-refractivity contribution in [3.05, 3.63) is 75.9 Å². The molecule has 132 valence electrons. The summed E-state index contributed by atoms with van der Waals surface area (Å²) in [6.07, 6.45) is -0.757. The summed E-state index contributed by atoms with van der Waals surface area (Å²) in [5.41, 5.74) is 5.26. The molecule has 0 fully saturated rings. The highest BCUT2D eigenvalue weighted by Crippen LogP contribution is 2.21. The summed E-state index contributed by atoms with van der Waals surface area (Å²) in [6.45, 7) is 1.63. The van der Waals surface area contributed by atoms with Crippen LogP contribution in [0.25, 0.3) is 10.8 Å². The molecule has 0 aliphatic carbocycles. The summed E-state index contributed by atoms with van der Waals surface area (Å²) in [4.78, 5) is 24.2. The summed E-state index contributed by atoms with van der Waals surface area (Å²) in [5, 5.41) is 2.13. The summed E-state index contributed by atoms with van der Waals surface area (Å²) in [7, 11) is 0. The quantitative estimate of drug-likeness (QED) is 0.461. The molecule has 0 saturated carbocycles. The Bertz CT molecular complexity index is 958. The molecule has 5 nitrogen and oxygen atoms in total. The van der Waals surface area contributed by atoms with Crippen molar-refractivity contribution in [2.45, 2.75) is 13.0 Å². The number of amides is 2. The minimum absolute atomic E-state index is 0.380. The van der Waals surface area contributed by atoms with Crippen molar-refractivity contribution in [2.24, 2.45) is 0 Å². The van der Waals surface area contributed by atoms with Crippen LogP contribution in [0.1, 0.15) is 17.3 Å². The maximum atomic E-state index is 12.2. The Balaban J connectivity index is 1.57. The lowest BCUT2D eigenvalue weighted by atomic mass is 10.1. The van der Waals surface area contributed by atoms with E-state index in [1.54, 1.807) is 25.1 Å². The topological polar surface area (TPSA) is 67.4 Å². The van der Waals surface area contributed by atoms with Crippen molar-refractivity contribution in [3.8, 4) is 5.75 Å². The number of halogens is 1. The minimum Gasteiger partial charge on any atom is -0.481 e. The van der Waals surface area contributed by atoms with Gasteiger partial charge in [0.25, 0.3) is 11.8 Å². The summed E-state index contributed by atoms with van der Waals surface area (Å²) in [5.74, 6) is -0.220. The third-order valence-corrected chi connectivity index (χ3v) is 4.46. The monoisotopic (exact) mass is 460 g/mol. The number of hydrazine groups is 1. The average molecular weight is 460 g/mol. The molecule has 26 heavy (non-hydrogen) atoms. The maximum Gasteiger partial charge on any atom is 0.279 e. The Morgan fingerprint density at radius 3 is 2.46 bits per heavy atom. The first-order valence-corrected chi connectivity index (χ1v) is 9.12. The smallest absolute Gasteiger partial charge is 0.279 e. The number of fused-ring (bicyclic) bond motifs is 1. The minimum atomic E-state index is -0.757. The molecule has 2 amide bonds. The third kappa shape index (κ3) is 4.51. The number of carbonyl (C=O) groups is 2. The Kier molecular flexibility index (Phi) is 5.72. The van der Waals surface area contributed by atoms with Gasteiger partial charge in [-0.3, -0.25) is 20.4 Å². The van der Waals surface area contributed by atoms with E-state index in [2.05, 4.69) is 33.4 Å². The van der Waals surface area contributed by atoms with Crippen LogP contribution < -0.4 is 15.6 Å². The van der Waals surface area contributed by atoms with Crippen LogP contribution in [-0.2, 0) is 4.79 Å². The van der Waals surface area contributed by atoms with E-state index in [0.29, 0.717) is 11.3 Å². The molecule has 0 bridgehead atoms. The van der Waals surface area contributed by atoms with Crippen molar-refractivity contribution >= 4 is 45.2 Å². The van der Waals surface area contributed by atoms with Crippen LogP contribution in [-0.4, -0.2) is 17.9 Å². The predicted octanol–water partition coefficient (Wildman–Crippen LogP) is 3.67. The van der Waals surface area contributed by atoms with E-state index in [1.165, 1.54) is 0 Å². The number of ether oxygens (including phenoxy) is 1. The lowest BCUT2D eigenvalue weighted by molar-refractivity contribution is -0.128. The molecule has 0 saturated heterocycles. The molecule has 0 radical (unpaired) electrons. The summed E-state index contributed by atoms with van der Waals surface area (Å²) >= 11 is 2.12. The molecule has 1 atom stereocenters. The molecule has 1 unspecified atom stereocenters. The highest BCUT2D eigenvalue weighted by Gasteiger charge is 2.16. The lowest BCUT2D eigenvalue weighted by Crippen LogP contribution is -2.47. The zero-order valence-corrected chi connectivity index (χ0v) is 16.2. The van der Waals surface area contributed by atoms with Gasteiger partial charge in [0.2, 0.25) is 0 Å². The Morgan fingerprint density at radius 1 is 0.923 bits per heavy atom. The van der Waals surface area contributed by atoms with E-state index in [-0.39, 0.29) is 5.91 Å². The molecule has 3 aromatic carbocycles. The van der Waals surface area contributed by atoms with Crippen molar-refractivity contribution in [2.75, 3.05) is 0 Å². The van der Waals surface area contributed by atoms with Crippen LogP contribution in [0.5, 0.6) is 5.75 Å². The number of rotatable bonds is 4. The first-order valence-electron chi connectivity index (χ1n) is 8.04. The molecule has 6 heteroatoms. The van der Waals surface area contributed by atoms with Crippen molar-refractivity contribution < 1.29 is 14.3 Å². The third-order valence-electron chi connectivity index (χ3n) is 3.79. The fourth-order valence-electron chi connectivity index (χ4n) is 2.42. The van der Waals surface area contributed by atoms with Crippen molar-refractivity contribution in [3.63, 3.8) is 0 Å². The van der Waals surface area contributed by atoms with Crippen LogP contribution in [0.4, 0.5) is 0 Å². The van der Waals surface area contributed by atoms with E-state index < -0.39 is 12.0 Å². The van der Waals surface area contributed by atoms with Gasteiger partial charge in [-0.1, -0.05) is 36.4 Å². The van der Waals surface area contributed by atoms with Gasteiger partial charge in [-0.05, 0) is 70.6 Å². The Morgan fingerprint density at radius 2 is 1.69 bits per heavy atom. The van der Waals surface area contributed by atoms with E-state index in [9.17, 15) is 9.59 Å². The fourth-order valence-corrected chi connectivity index (χ4v) is 2.96. The molecule has 3 rings (SSSR count). The van der Waals surface area contributed by atoms with Crippen LogP contribution >= 0.6 is 22.6 Å². The first kappa shape index (κ1) is 18.2. The summed E-state index contributed by atoms with van der Waals surface area (Å²) in [6, 6.07) is 20.6. The Labute approximate surface area is 164 Å². The fraction of sp³-hybridized carbons (Fsp3) is 0.100. The predicted molar refractivity (Wildman–Crippen MR) is 109 cm³/mol. The van der Waals surface area contributed by atoms with E-state index in [0.717, 1.165) is 14.3 Å². The second-order valence-electron chi connectivity index (χ2n) is 5.72. The molecule has 2 N–H and O–H groups in total.